The first-order valence-corrected chi connectivity index (χ1v) is 23.8. The average Bonchev–Trinajstić information content (AvgIpc) is 3.78. The van der Waals surface area contributed by atoms with Crippen molar-refractivity contribution in [2.75, 3.05) is 53.4 Å². The Morgan fingerprint density at radius 1 is 0.676 bits per heavy atom. The Morgan fingerprint density at radius 3 is 1.82 bits per heavy atom. The smallest absolute Gasteiger partial charge is 0.245 e. The van der Waals surface area contributed by atoms with Crippen molar-refractivity contribution in [3.05, 3.63) is 0 Å². The van der Waals surface area contributed by atoms with Crippen LogP contribution in [0.15, 0.2) is 4.99 Å². The number of nitrogens with one attached hydrogen (secondary N) is 7. The summed E-state index contributed by atoms with van der Waals surface area (Å²) in [6.07, 6.45) is 3.10. The number of carbonyl (C=O) groups excluding carboxylic acids is 10. The van der Waals surface area contributed by atoms with Crippen molar-refractivity contribution < 1.29 is 47.9 Å². The molecule has 1 aliphatic heterocycles. The molecule has 0 saturated carbocycles. The monoisotopic (exact) mass is 964 g/mol. The van der Waals surface area contributed by atoms with Gasteiger partial charge in [0.2, 0.25) is 59.1 Å². The van der Waals surface area contributed by atoms with Crippen LogP contribution >= 0.6 is 0 Å². The highest BCUT2D eigenvalue weighted by molar-refractivity contribution is 5.97. The van der Waals surface area contributed by atoms with E-state index in [2.05, 4.69) is 42.2 Å². The second-order valence-corrected chi connectivity index (χ2v) is 17.9. The number of rotatable bonds is 29. The molecule has 1 aliphatic rings. The summed E-state index contributed by atoms with van der Waals surface area (Å²) in [7, 11) is 2.82. The van der Waals surface area contributed by atoms with Gasteiger partial charge in [-0.15, -0.1) is 0 Å². The zero-order chi connectivity index (χ0) is 51.8. The fraction of sp³-hybridized carbons (Fsp3) is 0.756. The predicted octanol–water partition coefficient (Wildman–Crippen LogP) is -1.81. The normalized spacial score (nSPS) is 16.3. The molecule has 10 amide bonds. The van der Waals surface area contributed by atoms with E-state index in [-0.39, 0.29) is 43.7 Å². The fourth-order valence-electron chi connectivity index (χ4n) is 7.35. The van der Waals surface area contributed by atoms with Gasteiger partial charge in [0.25, 0.3) is 0 Å². The van der Waals surface area contributed by atoms with Gasteiger partial charge in [0.05, 0.1) is 19.6 Å². The number of likely N-dealkylation sites (tertiary alicyclic amines) is 1. The second kappa shape index (κ2) is 30.4. The molecule has 0 aliphatic carbocycles. The maximum atomic E-state index is 14.1. The molecule has 386 valence electrons. The van der Waals surface area contributed by atoms with Crippen molar-refractivity contribution in [3.63, 3.8) is 0 Å². The molecule has 0 aromatic rings. The standard InChI is InChI=1S/C45H81N13O10/c1-12-18-30(39(63)54-37(27(7)13-2)42(66)52-31(19-16-21-49-45(46)47)43(67)58-22-17-20-32(58)40(64)48-15-4)51-35(62)25-57(11)44(68)38(28(8)14-3)55-41(65)36(26(5)6)53-33(60)23-50-34(61)24-56(10)29(9)59/h26-28,30-32,36-38H,12-25H2,1-11H3,(H,48,64)(H,50,61)(H,51,62)(H,52,66)(H,53,60)(H,54,63)(H,55,65)(H4,46,47,49)/t27-,28?,30-,31-,32-,36-,37-,38+/m0/s1. The maximum absolute atomic E-state index is 14.1. The molecule has 0 aromatic heterocycles. The van der Waals surface area contributed by atoms with Crippen molar-refractivity contribution in [3.8, 4) is 0 Å². The fourth-order valence-corrected chi connectivity index (χ4v) is 7.35. The number of amides is 10. The summed E-state index contributed by atoms with van der Waals surface area (Å²) in [6.45, 7) is 15.1. The van der Waals surface area contributed by atoms with Crippen molar-refractivity contribution in [2.45, 2.75) is 150 Å². The first-order chi connectivity index (χ1) is 31.9. The summed E-state index contributed by atoms with van der Waals surface area (Å²) >= 11 is 0. The topological polar surface area (TPSA) is 329 Å². The lowest BCUT2D eigenvalue weighted by Gasteiger charge is -2.32. The number of hydrogen-bond donors (Lipinski definition) is 9. The van der Waals surface area contributed by atoms with Gasteiger partial charge in [0, 0.05) is 40.7 Å². The van der Waals surface area contributed by atoms with E-state index in [1.54, 1.807) is 34.6 Å². The number of nitrogens with two attached hydrogens (primary N) is 2. The van der Waals surface area contributed by atoms with Crippen LogP contribution in [0.4, 0.5) is 0 Å². The Balaban J connectivity index is 3.18. The average molecular weight is 964 g/mol. The van der Waals surface area contributed by atoms with Crippen LogP contribution < -0.4 is 48.7 Å². The summed E-state index contributed by atoms with van der Waals surface area (Å²) in [5.74, 6) is -6.93. The number of hydrogen-bond acceptors (Lipinski definition) is 11. The molecule has 0 spiro atoms. The van der Waals surface area contributed by atoms with Crippen LogP contribution in [0.3, 0.4) is 0 Å². The van der Waals surface area contributed by atoms with Crippen molar-refractivity contribution in [1.29, 1.82) is 0 Å². The molecule has 23 heteroatoms. The largest absolute Gasteiger partial charge is 0.370 e. The molecule has 0 radical (unpaired) electrons. The molecule has 1 heterocycles. The lowest BCUT2D eigenvalue weighted by molar-refractivity contribution is -0.142. The Kier molecular flexibility index (Phi) is 26.8. The molecule has 1 unspecified atom stereocenters. The predicted molar refractivity (Wildman–Crippen MR) is 256 cm³/mol. The van der Waals surface area contributed by atoms with E-state index >= 15 is 0 Å². The highest BCUT2D eigenvalue weighted by Crippen LogP contribution is 2.21. The van der Waals surface area contributed by atoms with Crippen LogP contribution in [-0.2, 0) is 47.9 Å². The number of guanidine groups is 1. The van der Waals surface area contributed by atoms with Crippen LogP contribution in [0.1, 0.15) is 114 Å². The Labute approximate surface area is 401 Å². The quantitative estimate of drug-likeness (QED) is 0.0228. The van der Waals surface area contributed by atoms with E-state index in [1.165, 1.54) is 30.8 Å². The third kappa shape index (κ3) is 20.1. The number of nitrogens with zero attached hydrogens (tertiary/aromatic N) is 4. The summed E-state index contributed by atoms with van der Waals surface area (Å²) < 4.78 is 0. The summed E-state index contributed by atoms with van der Waals surface area (Å²) in [5, 5.41) is 18.8. The first kappa shape index (κ1) is 60.0. The maximum Gasteiger partial charge on any atom is 0.245 e. The molecule has 1 fully saturated rings. The Morgan fingerprint density at radius 2 is 1.26 bits per heavy atom. The molecule has 68 heavy (non-hydrogen) atoms. The minimum atomic E-state index is -1.13. The molecule has 0 aromatic carbocycles. The molecule has 11 N–H and O–H groups in total. The van der Waals surface area contributed by atoms with Crippen LogP contribution in [-0.4, -0.2) is 169 Å². The molecular weight excluding hydrogens is 883 g/mol. The van der Waals surface area contributed by atoms with Gasteiger partial charge in [-0.2, -0.15) is 0 Å². The van der Waals surface area contributed by atoms with Crippen LogP contribution in [0.25, 0.3) is 0 Å². The summed E-state index contributed by atoms with van der Waals surface area (Å²) in [4.78, 5) is 140. The van der Waals surface area contributed by atoms with Gasteiger partial charge in [0.15, 0.2) is 5.96 Å². The van der Waals surface area contributed by atoms with E-state index in [1.807, 2.05) is 20.8 Å². The number of aliphatic imine (C=N–C) groups is 1. The van der Waals surface area contributed by atoms with Gasteiger partial charge in [-0.1, -0.05) is 67.7 Å². The highest BCUT2D eigenvalue weighted by Gasteiger charge is 2.39. The molecule has 1 rings (SSSR count). The summed E-state index contributed by atoms with van der Waals surface area (Å²) in [5.41, 5.74) is 11.0. The Bertz CT molecular complexity index is 1770. The number of carbonyl (C=O) groups is 10. The minimum Gasteiger partial charge on any atom is -0.370 e. The van der Waals surface area contributed by atoms with Crippen LogP contribution in [0.2, 0.25) is 0 Å². The molecule has 8 atom stereocenters. The van der Waals surface area contributed by atoms with Gasteiger partial charge in [0.1, 0.15) is 36.3 Å². The van der Waals surface area contributed by atoms with Crippen molar-refractivity contribution in [2.24, 2.45) is 34.2 Å². The highest BCUT2D eigenvalue weighted by atomic mass is 16.2. The summed E-state index contributed by atoms with van der Waals surface area (Å²) in [6, 6.07) is -6.22. The molecular formula is C45H81N13O10. The van der Waals surface area contributed by atoms with E-state index in [0.29, 0.717) is 51.6 Å². The second-order valence-electron chi connectivity index (χ2n) is 17.9. The van der Waals surface area contributed by atoms with Crippen molar-refractivity contribution >= 4 is 65.0 Å². The van der Waals surface area contributed by atoms with Crippen molar-refractivity contribution in [1.82, 2.24) is 51.9 Å². The third-order valence-electron chi connectivity index (χ3n) is 11.9. The number of likely N-dealkylation sites (N-methyl/N-ethyl adjacent to an activating group) is 3. The van der Waals surface area contributed by atoms with E-state index in [0.717, 1.165) is 4.90 Å². The lowest BCUT2D eigenvalue weighted by Crippen LogP contribution is -2.60. The SMILES string of the molecule is CCC[C@H](NC(=O)CN(C)C(=O)[C@H](NC(=O)[C@@H](NC(=O)CNC(=O)CN(C)C(C)=O)C(C)C)C(C)CC)C(=O)N[C@H](C(=O)N[C@@H](CCCN=C(N)N)C(=O)N1CCC[C@H]1C(=O)NCC)[C@@H](C)CC. The lowest BCUT2D eigenvalue weighted by atomic mass is 9.96. The van der Waals surface area contributed by atoms with Gasteiger partial charge in [-0.25, -0.2) is 0 Å². The van der Waals surface area contributed by atoms with Gasteiger partial charge >= 0.3 is 0 Å². The molecule has 1 saturated heterocycles. The first-order valence-electron chi connectivity index (χ1n) is 23.8. The third-order valence-corrected chi connectivity index (χ3v) is 11.9. The van der Waals surface area contributed by atoms with Gasteiger partial charge < -0.3 is 63.4 Å². The molecule has 23 nitrogen and oxygen atoms in total. The zero-order valence-corrected chi connectivity index (χ0v) is 42.1. The minimum absolute atomic E-state index is 0.128. The van der Waals surface area contributed by atoms with Crippen LogP contribution in [0.5, 0.6) is 0 Å². The molecule has 0 bridgehead atoms. The zero-order valence-electron chi connectivity index (χ0n) is 42.1. The van der Waals surface area contributed by atoms with E-state index in [9.17, 15) is 47.9 Å². The van der Waals surface area contributed by atoms with E-state index < -0.39 is 114 Å². The van der Waals surface area contributed by atoms with Crippen LogP contribution in [0, 0.1) is 17.8 Å². The Hall–Kier alpha value is -6.03. The van der Waals surface area contributed by atoms with Gasteiger partial charge in [-0.05, 0) is 56.8 Å². The van der Waals surface area contributed by atoms with E-state index in [4.69, 9.17) is 11.5 Å². The van der Waals surface area contributed by atoms with Gasteiger partial charge in [-0.3, -0.25) is 52.9 Å².